The van der Waals surface area contributed by atoms with E-state index >= 15 is 0 Å². The van der Waals surface area contributed by atoms with Gasteiger partial charge in [-0.3, -0.25) is 4.79 Å². The van der Waals surface area contributed by atoms with Crippen LogP contribution in [0.15, 0.2) is 54.9 Å². The van der Waals surface area contributed by atoms with Crippen molar-refractivity contribution in [1.29, 1.82) is 0 Å². The Hall–Kier alpha value is -3.82. The predicted octanol–water partition coefficient (Wildman–Crippen LogP) is 4.20. The van der Waals surface area contributed by atoms with Gasteiger partial charge in [-0.2, -0.15) is 0 Å². The number of aromatic nitrogens is 2. The maximum atomic E-state index is 12.7. The van der Waals surface area contributed by atoms with Gasteiger partial charge in [0.2, 0.25) is 11.8 Å². The average molecular weight is 419 g/mol. The number of amides is 1. The summed E-state index contributed by atoms with van der Waals surface area (Å²) in [6, 6.07) is 10.0. The highest BCUT2D eigenvalue weighted by Gasteiger charge is 2.31. The van der Waals surface area contributed by atoms with Crippen LogP contribution in [0.25, 0.3) is 11.1 Å². The van der Waals surface area contributed by atoms with E-state index in [9.17, 15) is 18.0 Å². The monoisotopic (exact) mass is 419 g/mol. The van der Waals surface area contributed by atoms with Crippen LogP contribution in [0, 0.1) is 0 Å². The highest BCUT2D eigenvalue weighted by atomic mass is 19.4. The minimum absolute atomic E-state index is 0.0590. The fourth-order valence-electron chi connectivity index (χ4n) is 2.59. The third-order valence-electron chi connectivity index (χ3n) is 3.84. The van der Waals surface area contributed by atoms with E-state index in [1.165, 1.54) is 32.6 Å². The lowest BCUT2D eigenvalue weighted by molar-refractivity contribution is -0.274. The van der Waals surface area contributed by atoms with Crippen molar-refractivity contribution in [3.63, 3.8) is 0 Å². The molecular weight excluding hydrogens is 403 g/mol. The Bertz CT molecular complexity index is 1060. The number of carbonyl (C=O) groups is 1. The third kappa shape index (κ3) is 5.16. The second kappa shape index (κ2) is 8.68. The van der Waals surface area contributed by atoms with Crippen molar-refractivity contribution in [1.82, 2.24) is 15.3 Å². The molecule has 7 nitrogen and oxygen atoms in total. The first-order valence-corrected chi connectivity index (χ1v) is 8.55. The number of alkyl halides is 3. The number of pyridine rings is 2. The maximum absolute atomic E-state index is 12.7. The van der Waals surface area contributed by atoms with Crippen LogP contribution in [0.1, 0.15) is 10.4 Å². The van der Waals surface area contributed by atoms with Gasteiger partial charge in [0.1, 0.15) is 11.5 Å². The Morgan fingerprint density at radius 1 is 1.03 bits per heavy atom. The smallest absolute Gasteiger partial charge is 0.481 e. The SMILES string of the molecule is CNC(=O)c1cc(Oc2ncccc2-c2ccnc(OC)c2)cc(OC(F)(F)F)c1. The molecule has 0 fully saturated rings. The van der Waals surface area contributed by atoms with E-state index < -0.39 is 18.0 Å². The van der Waals surface area contributed by atoms with Crippen molar-refractivity contribution < 1.29 is 32.2 Å². The Balaban J connectivity index is 2.01. The van der Waals surface area contributed by atoms with Crippen LogP contribution in [0.2, 0.25) is 0 Å². The average Bonchev–Trinajstić information content (AvgIpc) is 2.72. The van der Waals surface area contributed by atoms with Gasteiger partial charge >= 0.3 is 6.36 Å². The zero-order valence-corrected chi connectivity index (χ0v) is 15.9. The second-order valence-electron chi connectivity index (χ2n) is 5.87. The second-order valence-corrected chi connectivity index (χ2v) is 5.87. The summed E-state index contributed by atoms with van der Waals surface area (Å²) in [5.74, 6) is -0.784. The summed E-state index contributed by atoms with van der Waals surface area (Å²) in [5.41, 5.74) is 1.14. The van der Waals surface area contributed by atoms with E-state index in [1.54, 1.807) is 24.3 Å². The van der Waals surface area contributed by atoms with E-state index in [1.807, 2.05) is 0 Å². The predicted molar refractivity (Wildman–Crippen MR) is 101 cm³/mol. The molecule has 3 rings (SSSR count). The number of rotatable bonds is 6. The molecule has 0 aliphatic carbocycles. The zero-order chi connectivity index (χ0) is 21.7. The molecule has 1 aromatic carbocycles. The Kier molecular flexibility index (Phi) is 6.05. The van der Waals surface area contributed by atoms with Crippen molar-refractivity contribution in [2.24, 2.45) is 0 Å². The number of hydrogen-bond acceptors (Lipinski definition) is 6. The molecule has 0 atom stereocenters. The molecule has 0 unspecified atom stereocenters. The minimum atomic E-state index is -4.93. The molecule has 156 valence electrons. The standard InChI is InChI=1S/C20H16F3N3O4/c1-24-18(27)13-8-14(11-15(9-13)30-20(21,22)23)29-19-16(4-3-6-26-19)12-5-7-25-17(10-12)28-2/h3-11H,1-2H3,(H,24,27). The molecular formula is C20H16F3N3O4. The molecule has 2 aromatic heterocycles. The number of nitrogens with zero attached hydrogens (tertiary/aromatic N) is 2. The van der Waals surface area contributed by atoms with E-state index in [4.69, 9.17) is 9.47 Å². The Morgan fingerprint density at radius 3 is 2.50 bits per heavy atom. The quantitative estimate of drug-likeness (QED) is 0.645. The summed E-state index contributed by atoms with van der Waals surface area (Å²) in [6.07, 6.45) is -1.93. The molecule has 1 amide bonds. The first-order valence-electron chi connectivity index (χ1n) is 8.55. The van der Waals surface area contributed by atoms with Crippen LogP contribution in [0.4, 0.5) is 13.2 Å². The maximum Gasteiger partial charge on any atom is 0.573 e. The van der Waals surface area contributed by atoms with E-state index in [0.717, 1.165) is 12.1 Å². The molecule has 0 bridgehead atoms. The van der Waals surface area contributed by atoms with Crippen molar-refractivity contribution in [3.05, 3.63) is 60.4 Å². The molecule has 10 heteroatoms. The van der Waals surface area contributed by atoms with Crippen LogP contribution in [0.5, 0.6) is 23.3 Å². The first-order chi connectivity index (χ1) is 14.3. The molecule has 3 aromatic rings. The molecule has 0 radical (unpaired) electrons. The largest absolute Gasteiger partial charge is 0.573 e. The molecule has 0 saturated carbocycles. The Morgan fingerprint density at radius 2 is 1.80 bits per heavy atom. The van der Waals surface area contributed by atoms with Crippen LogP contribution < -0.4 is 19.5 Å². The van der Waals surface area contributed by atoms with Gasteiger partial charge < -0.3 is 19.5 Å². The highest BCUT2D eigenvalue weighted by Crippen LogP contribution is 2.35. The van der Waals surface area contributed by atoms with Crippen molar-refractivity contribution in [3.8, 4) is 34.4 Å². The number of hydrogen-bond donors (Lipinski definition) is 1. The number of benzene rings is 1. The lowest BCUT2D eigenvalue weighted by Gasteiger charge is -2.14. The van der Waals surface area contributed by atoms with Gasteiger partial charge in [-0.15, -0.1) is 13.2 Å². The normalized spacial score (nSPS) is 11.0. The lowest BCUT2D eigenvalue weighted by atomic mass is 10.1. The van der Waals surface area contributed by atoms with Crippen LogP contribution >= 0.6 is 0 Å². The number of nitrogens with one attached hydrogen (secondary N) is 1. The minimum Gasteiger partial charge on any atom is -0.481 e. The van der Waals surface area contributed by atoms with Gasteiger partial charge in [0.25, 0.3) is 5.91 Å². The number of ether oxygens (including phenoxy) is 3. The highest BCUT2D eigenvalue weighted by molar-refractivity contribution is 5.94. The summed E-state index contributed by atoms with van der Waals surface area (Å²) in [5, 5.41) is 2.34. The van der Waals surface area contributed by atoms with Crippen LogP contribution in [-0.4, -0.2) is 36.4 Å². The van der Waals surface area contributed by atoms with Gasteiger partial charge in [-0.25, -0.2) is 9.97 Å². The third-order valence-corrected chi connectivity index (χ3v) is 3.84. The summed E-state index contributed by atoms with van der Waals surface area (Å²) in [7, 11) is 2.83. The number of methoxy groups -OCH3 is 1. The topological polar surface area (TPSA) is 82.6 Å². The molecule has 0 saturated heterocycles. The number of carbonyl (C=O) groups excluding carboxylic acids is 1. The van der Waals surface area contributed by atoms with Gasteiger partial charge in [-0.05, 0) is 35.9 Å². The molecule has 0 aliphatic rings. The molecule has 2 heterocycles. The first kappa shape index (κ1) is 20.9. The van der Waals surface area contributed by atoms with Crippen molar-refractivity contribution >= 4 is 5.91 Å². The summed E-state index contributed by atoms with van der Waals surface area (Å²) in [6.45, 7) is 0. The lowest BCUT2D eigenvalue weighted by Crippen LogP contribution is -2.20. The fraction of sp³-hybridized carbons (Fsp3) is 0.150. The molecule has 0 spiro atoms. The summed E-state index contributed by atoms with van der Waals surface area (Å²) < 4.78 is 52.8. The van der Waals surface area contributed by atoms with E-state index in [0.29, 0.717) is 17.0 Å². The molecule has 30 heavy (non-hydrogen) atoms. The van der Waals surface area contributed by atoms with Gasteiger partial charge in [0, 0.05) is 42.7 Å². The van der Waals surface area contributed by atoms with Gasteiger partial charge in [0.15, 0.2) is 0 Å². The number of halogens is 3. The van der Waals surface area contributed by atoms with Crippen LogP contribution in [0.3, 0.4) is 0 Å². The summed E-state index contributed by atoms with van der Waals surface area (Å²) >= 11 is 0. The van der Waals surface area contributed by atoms with Gasteiger partial charge in [-0.1, -0.05) is 0 Å². The van der Waals surface area contributed by atoms with E-state index in [-0.39, 0.29) is 17.2 Å². The van der Waals surface area contributed by atoms with Crippen molar-refractivity contribution in [2.45, 2.75) is 6.36 Å². The molecule has 1 N–H and O–H groups in total. The molecule has 0 aliphatic heterocycles. The Labute approximate surface area is 169 Å². The van der Waals surface area contributed by atoms with Crippen LogP contribution in [-0.2, 0) is 0 Å². The summed E-state index contributed by atoms with van der Waals surface area (Å²) in [4.78, 5) is 20.1. The van der Waals surface area contributed by atoms with Crippen molar-refractivity contribution in [2.75, 3.05) is 14.2 Å². The van der Waals surface area contributed by atoms with Gasteiger partial charge in [0.05, 0.1) is 7.11 Å². The fourth-order valence-corrected chi connectivity index (χ4v) is 2.59. The van der Waals surface area contributed by atoms with E-state index in [2.05, 4.69) is 20.0 Å². The zero-order valence-electron chi connectivity index (χ0n) is 15.9.